The summed E-state index contributed by atoms with van der Waals surface area (Å²) >= 11 is 7.16. The molecule has 6 nitrogen and oxygen atoms in total. The van der Waals surface area contributed by atoms with Gasteiger partial charge < -0.3 is 11.1 Å². The molecule has 2 rings (SSSR count). The first kappa shape index (κ1) is 13.7. The lowest BCUT2D eigenvalue weighted by Crippen LogP contribution is -2.46. The maximum absolute atomic E-state index is 11.2. The van der Waals surface area contributed by atoms with Crippen LogP contribution in [0.3, 0.4) is 0 Å². The number of primary amides is 1. The number of hydrogen-bond donors (Lipinski definition) is 2. The number of nitrogens with two attached hydrogens (primary N) is 1. The Labute approximate surface area is 115 Å². The summed E-state index contributed by atoms with van der Waals surface area (Å²) < 4.78 is 4.39. The van der Waals surface area contributed by atoms with Gasteiger partial charge in [0.1, 0.15) is 10.0 Å². The van der Waals surface area contributed by atoms with Crippen LogP contribution in [-0.4, -0.2) is 46.1 Å². The van der Waals surface area contributed by atoms with Gasteiger partial charge in [0, 0.05) is 24.1 Å². The van der Waals surface area contributed by atoms with Gasteiger partial charge in [-0.25, -0.2) is 0 Å². The average Bonchev–Trinajstić information content (AvgIpc) is 2.75. The van der Waals surface area contributed by atoms with Crippen molar-refractivity contribution in [3.8, 4) is 0 Å². The minimum atomic E-state index is -0.326. The normalized spacial score (nSPS) is 17.2. The van der Waals surface area contributed by atoms with Crippen LogP contribution >= 0.6 is 23.1 Å². The number of rotatable bonds is 5. The molecule has 1 aromatic rings. The molecule has 1 saturated heterocycles. The van der Waals surface area contributed by atoms with Gasteiger partial charge in [0.15, 0.2) is 0 Å². The molecule has 1 fully saturated rings. The second-order valence-corrected chi connectivity index (χ2v) is 5.70. The van der Waals surface area contributed by atoms with Gasteiger partial charge in [0.05, 0.1) is 6.54 Å². The molecular formula is C10H16ClN5OS. The number of carbonyl (C=O) groups is 1. The van der Waals surface area contributed by atoms with Gasteiger partial charge >= 0.3 is 0 Å². The van der Waals surface area contributed by atoms with Crippen LogP contribution in [0, 0.1) is 0 Å². The summed E-state index contributed by atoms with van der Waals surface area (Å²) in [6.07, 6.45) is 2.00. The van der Waals surface area contributed by atoms with E-state index in [1.165, 1.54) is 0 Å². The van der Waals surface area contributed by atoms with Crippen molar-refractivity contribution >= 4 is 29.0 Å². The van der Waals surface area contributed by atoms with E-state index in [1.54, 1.807) is 0 Å². The third-order valence-electron chi connectivity index (χ3n) is 3.05. The highest BCUT2D eigenvalue weighted by Gasteiger charge is 2.24. The molecule has 3 N–H and O–H groups in total. The molecule has 1 amide bonds. The average molecular weight is 290 g/mol. The van der Waals surface area contributed by atoms with Crippen molar-refractivity contribution in [2.45, 2.75) is 25.4 Å². The topological polar surface area (TPSA) is 84.1 Å². The number of nitrogens with zero attached hydrogens (tertiary/aromatic N) is 3. The van der Waals surface area contributed by atoms with E-state index < -0.39 is 0 Å². The van der Waals surface area contributed by atoms with Crippen molar-refractivity contribution in [2.24, 2.45) is 5.73 Å². The quantitative estimate of drug-likeness (QED) is 0.811. The van der Waals surface area contributed by atoms with Crippen molar-refractivity contribution in [3.63, 3.8) is 0 Å². The molecule has 1 aromatic heterocycles. The molecule has 0 aliphatic carbocycles. The van der Waals surface area contributed by atoms with E-state index in [1.807, 2.05) is 4.90 Å². The zero-order valence-electron chi connectivity index (χ0n) is 9.93. The number of amides is 1. The van der Waals surface area contributed by atoms with Crippen molar-refractivity contribution < 1.29 is 4.79 Å². The Morgan fingerprint density at radius 3 is 2.83 bits per heavy atom. The molecule has 1 aliphatic heterocycles. The highest BCUT2D eigenvalue weighted by atomic mass is 35.5. The van der Waals surface area contributed by atoms with E-state index in [-0.39, 0.29) is 12.5 Å². The molecule has 2 heterocycles. The molecular weight excluding hydrogens is 274 g/mol. The van der Waals surface area contributed by atoms with Crippen molar-refractivity contribution in [2.75, 3.05) is 19.6 Å². The van der Waals surface area contributed by atoms with Crippen molar-refractivity contribution in [3.05, 3.63) is 10.0 Å². The molecule has 0 atom stereocenters. The van der Waals surface area contributed by atoms with Gasteiger partial charge in [-0.15, -0.1) is 5.10 Å². The van der Waals surface area contributed by atoms with E-state index in [0.29, 0.717) is 16.9 Å². The number of hydrogen-bond acceptors (Lipinski definition) is 6. The Morgan fingerprint density at radius 2 is 2.28 bits per heavy atom. The highest BCUT2D eigenvalue weighted by molar-refractivity contribution is 7.10. The molecule has 0 radical (unpaired) electrons. The van der Waals surface area contributed by atoms with E-state index in [2.05, 4.69) is 14.9 Å². The molecule has 0 unspecified atom stereocenters. The molecule has 0 bridgehead atoms. The zero-order valence-corrected chi connectivity index (χ0v) is 11.5. The van der Waals surface area contributed by atoms with E-state index in [4.69, 9.17) is 17.3 Å². The predicted molar refractivity (Wildman–Crippen MR) is 70.4 cm³/mol. The molecule has 1 aliphatic rings. The first-order valence-electron chi connectivity index (χ1n) is 5.86. The summed E-state index contributed by atoms with van der Waals surface area (Å²) in [6.45, 7) is 2.69. The number of nitrogens with one attached hydrogen (secondary N) is 1. The second-order valence-electron chi connectivity index (χ2n) is 4.35. The Hall–Kier alpha value is -0.760. The maximum atomic E-state index is 11.2. The Kier molecular flexibility index (Phi) is 4.87. The monoisotopic (exact) mass is 289 g/mol. The predicted octanol–water partition coefficient (Wildman–Crippen LogP) is 0.231. The minimum Gasteiger partial charge on any atom is -0.369 e. The summed E-state index contributed by atoms with van der Waals surface area (Å²) in [6, 6.07) is 0.344. The summed E-state index contributed by atoms with van der Waals surface area (Å²) in [7, 11) is 0. The van der Waals surface area contributed by atoms with Gasteiger partial charge in [-0.1, -0.05) is 16.1 Å². The van der Waals surface area contributed by atoms with Gasteiger partial charge in [-0.05, 0) is 25.9 Å². The maximum Gasteiger partial charge on any atom is 0.231 e. The number of carbonyl (C=O) groups excluding carboxylic acids is 1. The Morgan fingerprint density at radius 1 is 1.56 bits per heavy atom. The lowest BCUT2D eigenvalue weighted by Gasteiger charge is -2.33. The van der Waals surface area contributed by atoms with Gasteiger partial charge in [0.2, 0.25) is 5.91 Å². The fourth-order valence-electron chi connectivity index (χ4n) is 2.17. The Bertz CT molecular complexity index is 407. The second kappa shape index (κ2) is 6.42. The van der Waals surface area contributed by atoms with Crippen LogP contribution in [0.4, 0.5) is 0 Å². The van der Waals surface area contributed by atoms with Gasteiger partial charge in [-0.2, -0.15) is 0 Å². The third-order valence-corrected chi connectivity index (χ3v) is 4.03. The highest BCUT2D eigenvalue weighted by Crippen LogP contribution is 2.21. The first-order valence-corrected chi connectivity index (χ1v) is 7.01. The smallest absolute Gasteiger partial charge is 0.231 e. The molecule has 0 aromatic carbocycles. The van der Waals surface area contributed by atoms with Crippen molar-refractivity contribution in [1.82, 2.24) is 19.8 Å². The van der Waals surface area contributed by atoms with Crippen LogP contribution in [0.2, 0.25) is 4.34 Å². The minimum absolute atomic E-state index is 0.235. The lowest BCUT2D eigenvalue weighted by atomic mass is 10.0. The van der Waals surface area contributed by atoms with Gasteiger partial charge in [0.25, 0.3) is 0 Å². The van der Waals surface area contributed by atoms with Crippen LogP contribution in [-0.2, 0) is 11.3 Å². The molecule has 18 heavy (non-hydrogen) atoms. The summed E-state index contributed by atoms with van der Waals surface area (Å²) in [4.78, 5) is 13.2. The summed E-state index contributed by atoms with van der Waals surface area (Å²) in [5, 5.41) is 7.28. The van der Waals surface area contributed by atoms with Crippen LogP contribution in [0.15, 0.2) is 0 Å². The molecule has 0 spiro atoms. The van der Waals surface area contributed by atoms with Crippen LogP contribution in [0.1, 0.15) is 18.5 Å². The standard InChI is InChI=1S/C10H16ClN5OS/c11-10-8(14-15-18-10)5-16(6-9(12)17)7-1-3-13-4-2-7/h7,13H,1-6H2,(H2,12,17). The molecule has 8 heteroatoms. The fourth-order valence-corrected chi connectivity index (χ4v) is 2.78. The van der Waals surface area contributed by atoms with Crippen LogP contribution < -0.4 is 11.1 Å². The van der Waals surface area contributed by atoms with Crippen LogP contribution in [0.25, 0.3) is 0 Å². The molecule has 100 valence electrons. The number of aromatic nitrogens is 2. The molecule has 0 saturated carbocycles. The first-order chi connectivity index (χ1) is 8.66. The van der Waals surface area contributed by atoms with E-state index in [9.17, 15) is 4.79 Å². The van der Waals surface area contributed by atoms with E-state index in [0.717, 1.165) is 43.2 Å². The zero-order chi connectivity index (χ0) is 13.0. The SMILES string of the molecule is NC(=O)CN(Cc1nnsc1Cl)C1CCNCC1. The number of piperidine rings is 1. The Balaban J connectivity index is 2.04. The largest absolute Gasteiger partial charge is 0.369 e. The summed E-state index contributed by atoms with van der Waals surface area (Å²) in [5.74, 6) is -0.326. The lowest BCUT2D eigenvalue weighted by molar-refractivity contribution is -0.120. The summed E-state index contributed by atoms with van der Waals surface area (Å²) in [5.41, 5.74) is 6.03. The third kappa shape index (κ3) is 3.61. The van der Waals surface area contributed by atoms with Crippen molar-refractivity contribution in [1.29, 1.82) is 0 Å². The van der Waals surface area contributed by atoms with Crippen LogP contribution in [0.5, 0.6) is 0 Å². The fraction of sp³-hybridized carbons (Fsp3) is 0.700. The number of halogens is 1. The van der Waals surface area contributed by atoms with E-state index >= 15 is 0 Å². The van der Waals surface area contributed by atoms with Gasteiger partial charge in [-0.3, -0.25) is 9.69 Å².